The van der Waals surface area contributed by atoms with Crippen LogP contribution in [0.3, 0.4) is 0 Å². The molecule has 0 saturated carbocycles. The van der Waals surface area contributed by atoms with Crippen LogP contribution in [0.4, 0.5) is 5.82 Å². The first kappa shape index (κ1) is 14.0. The molecule has 0 amide bonds. The topological polar surface area (TPSA) is 51.2 Å². The molecule has 0 unspecified atom stereocenters. The van der Waals surface area contributed by atoms with E-state index in [0.29, 0.717) is 11.4 Å². The molecule has 0 aliphatic carbocycles. The van der Waals surface area contributed by atoms with Crippen LogP contribution in [0.25, 0.3) is 0 Å². The van der Waals surface area contributed by atoms with Crippen molar-refractivity contribution >= 4 is 27.7 Å². The maximum absolute atomic E-state index is 11.6. The lowest BCUT2D eigenvalue weighted by molar-refractivity contribution is 0.0601. The van der Waals surface area contributed by atoms with Gasteiger partial charge in [0.15, 0.2) is 0 Å². The van der Waals surface area contributed by atoms with Gasteiger partial charge in [-0.1, -0.05) is 6.92 Å². The van der Waals surface area contributed by atoms with Gasteiger partial charge in [0, 0.05) is 16.2 Å². The van der Waals surface area contributed by atoms with Crippen molar-refractivity contribution in [3.8, 4) is 0 Å². The lowest BCUT2D eigenvalue weighted by Gasteiger charge is -2.26. The molecule has 0 spiro atoms. The van der Waals surface area contributed by atoms with Crippen LogP contribution in [-0.2, 0) is 4.74 Å². The number of nitrogens with zero attached hydrogens (tertiary/aromatic N) is 1. The highest BCUT2D eigenvalue weighted by atomic mass is 79.9. The Morgan fingerprint density at radius 2 is 2.24 bits per heavy atom. The summed E-state index contributed by atoms with van der Waals surface area (Å²) in [5.41, 5.74) is 0.312. The van der Waals surface area contributed by atoms with Crippen molar-refractivity contribution < 1.29 is 9.53 Å². The number of carbonyl (C=O) groups excluding carboxylic acids is 1. The smallest absolute Gasteiger partial charge is 0.341 e. The third-order valence-corrected chi connectivity index (χ3v) is 3.03. The normalized spacial score (nSPS) is 11.1. The van der Waals surface area contributed by atoms with Gasteiger partial charge in [-0.05, 0) is 42.3 Å². The van der Waals surface area contributed by atoms with Gasteiger partial charge in [0.05, 0.1) is 7.11 Å². The summed E-state index contributed by atoms with van der Waals surface area (Å²) in [6.45, 7) is 6.18. The second-order valence-electron chi connectivity index (χ2n) is 4.40. The highest BCUT2D eigenvalue weighted by Gasteiger charge is 2.20. The van der Waals surface area contributed by atoms with E-state index in [1.54, 1.807) is 12.3 Å². The Balaban J connectivity index is 3.11. The fourth-order valence-corrected chi connectivity index (χ4v) is 1.54. The number of carbonyl (C=O) groups is 1. The first-order chi connectivity index (χ1) is 7.89. The van der Waals surface area contributed by atoms with Crippen LogP contribution < -0.4 is 5.32 Å². The number of halogens is 1. The summed E-state index contributed by atoms with van der Waals surface area (Å²) in [6, 6.07) is 1.70. The number of methoxy groups -OCH3 is 1. The van der Waals surface area contributed by atoms with Gasteiger partial charge in [0.2, 0.25) is 0 Å². The van der Waals surface area contributed by atoms with Gasteiger partial charge in [-0.2, -0.15) is 0 Å². The van der Waals surface area contributed by atoms with Crippen molar-refractivity contribution in [2.24, 2.45) is 0 Å². The molecule has 1 aromatic rings. The highest BCUT2D eigenvalue weighted by molar-refractivity contribution is 9.10. The molecular weight excluding hydrogens is 284 g/mol. The van der Waals surface area contributed by atoms with E-state index in [1.807, 2.05) is 0 Å². The van der Waals surface area contributed by atoms with E-state index < -0.39 is 5.97 Å². The third-order valence-electron chi connectivity index (χ3n) is 2.60. The van der Waals surface area contributed by atoms with Crippen LogP contribution in [-0.4, -0.2) is 23.6 Å². The first-order valence-corrected chi connectivity index (χ1v) is 6.21. The van der Waals surface area contributed by atoms with Gasteiger partial charge in [-0.15, -0.1) is 0 Å². The number of hydrogen-bond acceptors (Lipinski definition) is 4. The van der Waals surface area contributed by atoms with Crippen molar-refractivity contribution in [3.63, 3.8) is 0 Å². The molecule has 5 heteroatoms. The molecule has 0 fully saturated rings. The standard InChI is InChI=1S/C12H17BrN2O2/c1-5-12(2,3)15-10-9(11(16)17-4)6-8(13)7-14-10/h6-7H,5H2,1-4H3,(H,14,15). The molecule has 0 atom stereocenters. The number of esters is 1. The number of ether oxygens (including phenoxy) is 1. The van der Waals surface area contributed by atoms with Crippen LogP contribution >= 0.6 is 15.9 Å². The van der Waals surface area contributed by atoms with E-state index in [0.717, 1.165) is 10.9 Å². The van der Waals surface area contributed by atoms with E-state index in [1.165, 1.54) is 7.11 Å². The molecule has 0 radical (unpaired) electrons. The summed E-state index contributed by atoms with van der Waals surface area (Å²) in [5.74, 6) is 0.153. The Morgan fingerprint density at radius 3 is 2.76 bits per heavy atom. The van der Waals surface area contributed by atoms with Crippen LogP contribution in [0, 0.1) is 0 Å². The Morgan fingerprint density at radius 1 is 1.59 bits per heavy atom. The van der Waals surface area contributed by atoms with E-state index in [4.69, 9.17) is 4.74 Å². The summed E-state index contributed by atoms with van der Waals surface area (Å²) < 4.78 is 5.49. The van der Waals surface area contributed by atoms with Gasteiger partial charge in [-0.3, -0.25) is 0 Å². The molecule has 4 nitrogen and oxygen atoms in total. The summed E-state index contributed by atoms with van der Waals surface area (Å²) in [7, 11) is 1.36. The van der Waals surface area contributed by atoms with E-state index in [9.17, 15) is 4.79 Å². The fraction of sp³-hybridized carbons (Fsp3) is 0.500. The largest absolute Gasteiger partial charge is 0.465 e. The average Bonchev–Trinajstić information content (AvgIpc) is 2.30. The summed E-state index contributed by atoms with van der Waals surface area (Å²) >= 11 is 3.29. The number of hydrogen-bond donors (Lipinski definition) is 1. The maximum Gasteiger partial charge on any atom is 0.341 e. The molecule has 1 aromatic heterocycles. The number of anilines is 1. The third kappa shape index (κ3) is 3.70. The van der Waals surface area contributed by atoms with Crippen molar-refractivity contribution in [2.75, 3.05) is 12.4 Å². The van der Waals surface area contributed by atoms with Gasteiger partial charge in [0.1, 0.15) is 11.4 Å². The predicted octanol–water partition coefficient (Wildman–Crippen LogP) is 3.23. The molecule has 0 aliphatic heterocycles. The Bertz CT molecular complexity index is 419. The van der Waals surface area contributed by atoms with E-state index >= 15 is 0 Å². The van der Waals surface area contributed by atoms with Crippen molar-refractivity contribution in [1.82, 2.24) is 4.98 Å². The lowest BCUT2D eigenvalue weighted by atomic mass is 10.0. The number of aromatic nitrogens is 1. The summed E-state index contributed by atoms with van der Waals surface area (Å²) in [5, 5.41) is 3.25. The Labute approximate surface area is 110 Å². The quantitative estimate of drug-likeness (QED) is 0.868. The van der Waals surface area contributed by atoms with Gasteiger partial charge < -0.3 is 10.1 Å². The SMILES string of the molecule is CCC(C)(C)Nc1ncc(Br)cc1C(=O)OC. The minimum absolute atomic E-state index is 0.121. The molecule has 0 aromatic carbocycles. The molecule has 94 valence electrons. The Hall–Kier alpha value is -1.10. The minimum Gasteiger partial charge on any atom is -0.465 e. The van der Waals surface area contributed by atoms with Crippen LogP contribution in [0.2, 0.25) is 0 Å². The maximum atomic E-state index is 11.6. The molecule has 0 saturated heterocycles. The fourth-order valence-electron chi connectivity index (χ4n) is 1.21. The molecule has 0 aliphatic rings. The number of rotatable bonds is 4. The molecule has 1 heterocycles. The first-order valence-electron chi connectivity index (χ1n) is 5.41. The van der Waals surface area contributed by atoms with Gasteiger partial charge in [-0.25, -0.2) is 9.78 Å². The summed E-state index contributed by atoms with van der Waals surface area (Å²) in [6.07, 6.45) is 2.58. The van der Waals surface area contributed by atoms with Crippen LogP contribution in [0.15, 0.2) is 16.7 Å². The summed E-state index contributed by atoms with van der Waals surface area (Å²) in [4.78, 5) is 15.9. The van der Waals surface area contributed by atoms with Crippen molar-refractivity contribution in [3.05, 3.63) is 22.3 Å². The number of pyridine rings is 1. The zero-order chi connectivity index (χ0) is 13.1. The predicted molar refractivity (Wildman–Crippen MR) is 71.3 cm³/mol. The lowest BCUT2D eigenvalue weighted by Crippen LogP contribution is -2.31. The molecule has 17 heavy (non-hydrogen) atoms. The van der Waals surface area contributed by atoms with Crippen molar-refractivity contribution in [1.29, 1.82) is 0 Å². The van der Waals surface area contributed by atoms with Crippen LogP contribution in [0.5, 0.6) is 0 Å². The monoisotopic (exact) mass is 300 g/mol. The molecule has 1 rings (SSSR count). The highest BCUT2D eigenvalue weighted by Crippen LogP contribution is 2.23. The van der Waals surface area contributed by atoms with Crippen LogP contribution in [0.1, 0.15) is 37.6 Å². The second kappa shape index (κ2) is 5.49. The van der Waals surface area contributed by atoms with Crippen molar-refractivity contribution in [2.45, 2.75) is 32.7 Å². The van der Waals surface area contributed by atoms with Gasteiger partial charge in [0.25, 0.3) is 0 Å². The van der Waals surface area contributed by atoms with Gasteiger partial charge >= 0.3 is 5.97 Å². The molecular formula is C12H17BrN2O2. The zero-order valence-electron chi connectivity index (χ0n) is 10.5. The van der Waals surface area contributed by atoms with E-state index in [-0.39, 0.29) is 5.54 Å². The average molecular weight is 301 g/mol. The second-order valence-corrected chi connectivity index (χ2v) is 5.32. The number of nitrogens with one attached hydrogen (secondary N) is 1. The molecule has 1 N–H and O–H groups in total. The molecule has 0 bridgehead atoms. The van der Waals surface area contributed by atoms with E-state index in [2.05, 4.69) is 47.0 Å². The Kier molecular flexibility index (Phi) is 4.51. The minimum atomic E-state index is -0.395. The zero-order valence-corrected chi connectivity index (χ0v) is 12.1.